The van der Waals surface area contributed by atoms with Crippen molar-refractivity contribution >= 4 is 23.1 Å². The predicted octanol–water partition coefficient (Wildman–Crippen LogP) is 3.01. The molecule has 2 heterocycles. The summed E-state index contributed by atoms with van der Waals surface area (Å²) >= 11 is 1.64. The number of methoxy groups -OCH3 is 1. The highest BCUT2D eigenvalue weighted by molar-refractivity contribution is 7.08. The topological polar surface area (TPSA) is 63.2 Å². The average molecular weight is 331 g/mol. The Labute approximate surface area is 140 Å². The zero-order valence-electron chi connectivity index (χ0n) is 13.2. The highest BCUT2D eigenvalue weighted by atomic mass is 32.1. The van der Waals surface area contributed by atoms with Gasteiger partial charge in [0.2, 0.25) is 0 Å². The fourth-order valence-corrected chi connectivity index (χ4v) is 2.92. The third kappa shape index (κ3) is 4.30. The third-order valence-electron chi connectivity index (χ3n) is 3.80. The van der Waals surface area contributed by atoms with E-state index >= 15 is 0 Å². The van der Waals surface area contributed by atoms with E-state index in [1.165, 1.54) is 12.8 Å². The molecule has 3 rings (SSSR count). The number of anilines is 1. The van der Waals surface area contributed by atoms with E-state index in [-0.39, 0.29) is 5.91 Å². The third-order valence-corrected chi connectivity index (χ3v) is 4.49. The van der Waals surface area contributed by atoms with Gasteiger partial charge in [-0.3, -0.25) is 4.79 Å². The van der Waals surface area contributed by atoms with Gasteiger partial charge in [0.15, 0.2) is 0 Å². The number of nitrogens with zero attached hydrogens (tertiary/aromatic N) is 1. The van der Waals surface area contributed by atoms with Crippen LogP contribution in [-0.4, -0.2) is 37.7 Å². The number of aromatic nitrogens is 1. The number of carbonyl (C=O) groups is 1. The molecule has 0 bridgehead atoms. The lowest BCUT2D eigenvalue weighted by Crippen LogP contribution is -2.28. The Kier molecular flexibility index (Phi) is 5.25. The van der Waals surface area contributed by atoms with Crippen molar-refractivity contribution in [1.82, 2.24) is 10.3 Å². The van der Waals surface area contributed by atoms with E-state index in [0.717, 1.165) is 17.8 Å². The molecule has 122 valence electrons. The van der Waals surface area contributed by atoms with Gasteiger partial charge in [-0.15, -0.1) is 0 Å². The zero-order chi connectivity index (χ0) is 16.1. The maximum Gasteiger partial charge on any atom is 0.255 e. The van der Waals surface area contributed by atoms with E-state index in [9.17, 15) is 4.79 Å². The molecule has 2 aromatic rings. The molecule has 0 saturated heterocycles. The molecule has 1 amide bonds. The van der Waals surface area contributed by atoms with Gasteiger partial charge >= 0.3 is 0 Å². The standard InChI is InChI=1S/C17H21N3O2S/c1-22-8-7-18-17(21)14-4-5-15(13-6-9-23-11-13)20-16(14)19-10-12-2-3-12/h4-6,9,11-12H,2-3,7-8,10H2,1H3,(H,18,21)(H,19,20). The van der Waals surface area contributed by atoms with Crippen LogP contribution in [0.25, 0.3) is 11.3 Å². The maximum atomic E-state index is 12.4. The highest BCUT2D eigenvalue weighted by Gasteiger charge is 2.22. The first kappa shape index (κ1) is 16.0. The van der Waals surface area contributed by atoms with Gasteiger partial charge in [0.25, 0.3) is 5.91 Å². The van der Waals surface area contributed by atoms with Crippen LogP contribution in [0.4, 0.5) is 5.82 Å². The second-order valence-corrected chi connectivity index (χ2v) is 6.46. The van der Waals surface area contributed by atoms with Crippen LogP contribution in [0.3, 0.4) is 0 Å². The van der Waals surface area contributed by atoms with Crippen LogP contribution in [0.15, 0.2) is 29.0 Å². The molecule has 0 atom stereocenters. The first-order valence-corrected chi connectivity index (χ1v) is 8.77. The Hall–Kier alpha value is -1.92. The molecule has 23 heavy (non-hydrogen) atoms. The molecule has 1 fully saturated rings. The fraction of sp³-hybridized carbons (Fsp3) is 0.412. The first-order chi connectivity index (χ1) is 11.3. The molecule has 0 unspecified atom stereocenters. The average Bonchev–Trinajstić information content (AvgIpc) is 3.24. The molecular formula is C17H21N3O2S. The van der Waals surface area contributed by atoms with Gasteiger partial charge in [-0.25, -0.2) is 4.98 Å². The molecule has 1 saturated carbocycles. The number of carbonyl (C=O) groups excluding carboxylic acids is 1. The van der Waals surface area contributed by atoms with Crippen LogP contribution in [0.1, 0.15) is 23.2 Å². The minimum atomic E-state index is -0.121. The summed E-state index contributed by atoms with van der Waals surface area (Å²) in [6.45, 7) is 1.86. The summed E-state index contributed by atoms with van der Waals surface area (Å²) in [6.07, 6.45) is 2.51. The van der Waals surface area contributed by atoms with Gasteiger partial charge < -0.3 is 15.4 Å². The predicted molar refractivity (Wildman–Crippen MR) is 93.0 cm³/mol. The van der Waals surface area contributed by atoms with Crippen molar-refractivity contribution < 1.29 is 9.53 Å². The fourth-order valence-electron chi connectivity index (χ4n) is 2.27. The largest absolute Gasteiger partial charge is 0.383 e. The Morgan fingerprint density at radius 2 is 2.26 bits per heavy atom. The van der Waals surface area contributed by atoms with E-state index in [1.54, 1.807) is 18.4 Å². The second-order valence-electron chi connectivity index (χ2n) is 5.68. The molecule has 0 spiro atoms. The minimum Gasteiger partial charge on any atom is -0.383 e. The molecule has 1 aliphatic rings. The van der Waals surface area contributed by atoms with Gasteiger partial charge in [0, 0.05) is 31.1 Å². The van der Waals surface area contributed by atoms with Crippen molar-refractivity contribution in [3.8, 4) is 11.3 Å². The SMILES string of the molecule is COCCNC(=O)c1ccc(-c2ccsc2)nc1NCC1CC1. The number of rotatable bonds is 8. The Balaban J connectivity index is 1.79. The smallest absolute Gasteiger partial charge is 0.255 e. The van der Waals surface area contributed by atoms with Crippen molar-refractivity contribution in [2.75, 3.05) is 32.1 Å². The molecule has 6 heteroatoms. The summed E-state index contributed by atoms with van der Waals surface area (Å²) in [5.74, 6) is 1.26. The molecule has 5 nitrogen and oxygen atoms in total. The molecule has 2 N–H and O–H groups in total. The van der Waals surface area contributed by atoms with Gasteiger partial charge in [-0.05, 0) is 42.3 Å². The van der Waals surface area contributed by atoms with E-state index in [1.807, 2.05) is 23.6 Å². The van der Waals surface area contributed by atoms with Crippen molar-refractivity contribution in [3.63, 3.8) is 0 Å². The maximum absolute atomic E-state index is 12.4. The van der Waals surface area contributed by atoms with Crippen molar-refractivity contribution in [1.29, 1.82) is 0 Å². The van der Waals surface area contributed by atoms with E-state index in [4.69, 9.17) is 4.74 Å². The van der Waals surface area contributed by atoms with Gasteiger partial charge in [-0.2, -0.15) is 11.3 Å². The van der Waals surface area contributed by atoms with E-state index in [0.29, 0.717) is 30.5 Å². The highest BCUT2D eigenvalue weighted by Crippen LogP contribution is 2.30. The number of pyridine rings is 1. The van der Waals surface area contributed by atoms with Crippen LogP contribution >= 0.6 is 11.3 Å². The lowest BCUT2D eigenvalue weighted by molar-refractivity contribution is 0.0937. The number of hydrogen-bond acceptors (Lipinski definition) is 5. The van der Waals surface area contributed by atoms with Crippen LogP contribution in [0.5, 0.6) is 0 Å². The molecule has 2 aromatic heterocycles. The second kappa shape index (κ2) is 7.57. The zero-order valence-corrected chi connectivity index (χ0v) is 14.0. The van der Waals surface area contributed by atoms with Crippen LogP contribution in [0.2, 0.25) is 0 Å². The molecular weight excluding hydrogens is 310 g/mol. The van der Waals surface area contributed by atoms with Gasteiger partial charge in [0.1, 0.15) is 5.82 Å². The summed E-state index contributed by atoms with van der Waals surface area (Å²) in [4.78, 5) is 17.0. The molecule has 0 aromatic carbocycles. The Morgan fingerprint density at radius 3 is 2.96 bits per heavy atom. The molecule has 0 radical (unpaired) electrons. The summed E-state index contributed by atoms with van der Waals surface area (Å²) in [5, 5.41) is 10.3. The normalized spacial score (nSPS) is 13.8. The van der Waals surface area contributed by atoms with Gasteiger partial charge in [-0.1, -0.05) is 0 Å². The van der Waals surface area contributed by atoms with E-state index < -0.39 is 0 Å². The van der Waals surface area contributed by atoms with E-state index in [2.05, 4.69) is 21.0 Å². The van der Waals surface area contributed by atoms with Crippen molar-refractivity contribution in [2.24, 2.45) is 5.92 Å². The Morgan fingerprint density at radius 1 is 1.39 bits per heavy atom. The van der Waals surface area contributed by atoms with Gasteiger partial charge in [0.05, 0.1) is 17.9 Å². The molecule has 1 aliphatic carbocycles. The summed E-state index contributed by atoms with van der Waals surface area (Å²) < 4.78 is 4.97. The number of amides is 1. The first-order valence-electron chi connectivity index (χ1n) is 7.82. The number of hydrogen-bond donors (Lipinski definition) is 2. The quantitative estimate of drug-likeness (QED) is 0.730. The summed E-state index contributed by atoms with van der Waals surface area (Å²) in [7, 11) is 1.62. The molecule has 0 aliphatic heterocycles. The van der Waals surface area contributed by atoms with Crippen LogP contribution < -0.4 is 10.6 Å². The lowest BCUT2D eigenvalue weighted by Gasteiger charge is -2.12. The monoisotopic (exact) mass is 331 g/mol. The van der Waals surface area contributed by atoms with Crippen molar-refractivity contribution in [2.45, 2.75) is 12.8 Å². The number of ether oxygens (including phenoxy) is 1. The van der Waals surface area contributed by atoms with Crippen LogP contribution in [-0.2, 0) is 4.74 Å². The minimum absolute atomic E-state index is 0.121. The van der Waals surface area contributed by atoms with Crippen molar-refractivity contribution in [3.05, 3.63) is 34.5 Å². The summed E-state index contributed by atoms with van der Waals surface area (Å²) in [5.41, 5.74) is 2.55. The lowest BCUT2D eigenvalue weighted by atomic mass is 10.1. The Bertz CT molecular complexity index is 654. The summed E-state index contributed by atoms with van der Waals surface area (Å²) in [6, 6.07) is 5.78. The number of thiophene rings is 1. The number of nitrogens with one attached hydrogen (secondary N) is 2. The van der Waals surface area contributed by atoms with Crippen LogP contribution in [0, 0.1) is 5.92 Å².